The monoisotopic (exact) mass is 459 g/mol. The maximum atomic E-state index is 13.5. The van der Waals surface area contributed by atoms with E-state index in [1.165, 1.54) is 60.7 Å². The van der Waals surface area contributed by atoms with E-state index in [9.17, 15) is 26.7 Å². The van der Waals surface area contributed by atoms with Crippen LogP contribution in [0, 0.1) is 11.6 Å². The number of carbonyl (C=O) groups excluding carboxylic acids is 1. The van der Waals surface area contributed by atoms with Crippen LogP contribution in [0.25, 0.3) is 28.1 Å². The summed E-state index contributed by atoms with van der Waals surface area (Å²) in [6.07, 6.45) is -4.86. The predicted molar refractivity (Wildman–Crippen MR) is 110 cm³/mol. The fraction of sp³-hybridized carbons (Fsp3) is 0.0435. The summed E-state index contributed by atoms with van der Waals surface area (Å²) >= 11 is 0. The molecule has 5 nitrogen and oxygen atoms in total. The average Bonchev–Trinajstić information content (AvgIpc) is 3.15. The van der Waals surface area contributed by atoms with Crippen molar-refractivity contribution in [2.45, 2.75) is 6.36 Å². The number of hydrogen-bond donors (Lipinski definition) is 1. The topological polar surface area (TPSA) is 70.1 Å². The second-order valence-electron chi connectivity index (χ2n) is 6.90. The van der Waals surface area contributed by atoms with Crippen molar-refractivity contribution in [3.63, 3.8) is 0 Å². The van der Waals surface area contributed by atoms with Gasteiger partial charge in [-0.2, -0.15) is 5.10 Å². The number of hydrogen-bond acceptors (Lipinski definition) is 3. The van der Waals surface area contributed by atoms with E-state index in [0.717, 1.165) is 16.8 Å². The molecule has 0 aliphatic heterocycles. The lowest BCUT2D eigenvalue weighted by atomic mass is 9.98. The van der Waals surface area contributed by atoms with E-state index in [-0.39, 0.29) is 22.6 Å². The summed E-state index contributed by atoms with van der Waals surface area (Å²) in [5.41, 5.74) is 7.11. The van der Waals surface area contributed by atoms with Crippen molar-refractivity contribution in [2.24, 2.45) is 5.73 Å². The zero-order valence-corrected chi connectivity index (χ0v) is 16.6. The first kappa shape index (κ1) is 22.0. The van der Waals surface area contributed by atoms with Gasteiger partial charge in [0, 0.05) is 11.1 Å². The smallest absolute Gasteiger partial charge is 0.406 e. The molecule has 33 heavy (non-hydrogen) atoms. The van der Waals surface area contributed by atoms with Crippen LogP contribution in [-0.2, 0) is 0 Å². The van der Waals surface area contributed by atoms with Gasteiger partial charge in [0.1, 0.15) is 28.8 Å². The Morgan fingerprint density at radius 3 is 1.82 bits per heavy atom. The maximum absolute atomic E-state index is 13.5. The predicted octanol–water partition coefficient (Wildman–Crippen LogP) is 5.48. The van der Waals surface area contributed by atoms with E-state index in [4.69, 9.17) is 5.73 Å². The van der Waals surface area contributed by atoms with Gasteiger partial charge < -0.3 is 10.5 Å². The minimum Gasteiger partial charge on any atom is -0.406 e. The third-order valence-electron chi connectivity index (χ3n) is 4.68. The van der Waals surface area contributed by atoms with Crippen molar-refractivity contribution >= 4 is 5.91 Å². The molecule has 4 rings (SSSR count). The fourth-order valence-corrected chi connectivity index (χ4v) is 3.32. The molecule has 0 fully saturated rings. The summed E-state index contributed by atoms with van der Waals surface area (Å²) in [5.74, 6) is -2.34. The van der Waals surface area contributed by atoms with Crippen molar-refractivity contribution in [1.29, 1.82) is 0 Å². The Morgan fingerprint density at radius 1 is 0.818 bits per heavy atom. The van der Waals surface area contributed by atoms with Gasteiger partial charge in [0.05, 0.1) is 5.69 Å². The number of alkyl halides is 3. The van der Waals surface area contributed by atoms with Crippen LogP contribution in [0.2, 0.25) is 0 Å². The first-order valence-corrected chi connectivity index (χ1v) is 9.43. The highest BCUT2D eigenvalue weighted by molar-refractivity contribution is 6.02. The van der Waals surface area contributed by atoms with Gasteiger partial charge in [0.15, 0.2) is 0 Å². The number of carbonyl (C=O) groups is 1. The number of amides is 1. The second-order valence-corrected chi connectivity index (χ2v) is 6.90. The summed E-state index contributed by atoms with van der Waals surface area (Å²) < 4.78 is 69.4. The van der Waals surface area contributed by atoms with Gasteiger partial charge in [-0.15, -0.1) is 13.2 Å². The SMILES string of the molecule is NC(=O)c1c(-c2ccc(F)cc2)c(-c2ccc(F)cc2)nn1-c1ccc(OC(F)(F)F)cc1. The van der Waals surface area contributed by atoms with Crippen LogP contribution >= 0.6 is 0 Å². The van der Waals surface area contributed by atoms with Crippen LogP contribution in [-0.4, -0.2) is 22.1 Å². The molecule has 0 bridgehead atoms. The molecule has 1 heterocycles. The first-order chi connectivity index (χ1) is 15.6. The molecule has 4 aromatic rings. The highest BCUT2D eigenvalue weighted by Gasteiger charge is 2.31. The van der Waals surface area contributed by atoms with E-state index in [0.29, 0.717) is 11.1 Å². The summed E-state index contributed by atoms with van der Waals surface area (Å²) in [6.45, 7) is 0. The number of rotatable bonds is 5. The number of aromatic nitrogens is 2. The van der Waals surface area contributed by atoms with Gasteiger partial charge in [-0.25, -0.2) is 13.5 Å². The van der Waals surface area contributed by atoms with Crippen LogP contribution in [0.15, 0.2) is 72.8 Å². The van der Waals surface area contributed by atoms with Crippen molar-refractivity contribution in [1.82, 2.24) is 9.78 Å². The quantitative estimate of drug-likeness (QED) is 0.402. The van der Waals surface area contributed by atoms with E-state index in [1.807, 2.05) is 0 Å². The minimum atomic E-state index is -4.86. The molecule has 3 aromatic carbocycles. The summed E-state index contributed by atoms with van der Waals surface area (Å²) in [5, 5.41) is 4.44. The lowest BCUT2D eigenvalue weighted by Crippen LogP contribution is -2.18. The van der Waals surface area contributed by atoms with Crippen LogP contribution in [0.3, 0.4) is 0 Å². The van der Waals surface area contributed by atoms with Gasteiger partial charge in [-0.05, 0) is 66.2 Å². The molecule has 1 amide bonds. The molecule has 0 radical (unpaired) electrons. The summed E-state index contributed by atoms with van der Waals surface area (Å²) in [6, 6.07) is 15.2. The Kier molecular flexibility index (Phi) is 5.59. The molecule has 0 aliphatic carbocycles. The highest BCUT2D eigenvalue weighted by atomic mass is 19.4. The molecule has 1 aromatic heterocycles. The van der Waals surface area contributed by atoms with Gasteiger partial charge in [0.2, 0.25) is 0 Å². The van der Waals surface area contributed by atoms with E-state index >= 15 is 0 Å². The molecule has 0 spiro atoms. The molecule has 2 N–H and O–H groups in total. The molecule has 168 valence electrons. The number of nitrogens with zero attached hydrogens (tertiary/aromatic N) is 2. The van der Waals surface area contributed by atoms with Crippen LogP contribution in [0.5, 0.6) is 5.75 Å². The number of benzene rings is 3. The lowest BCUT2D eigenvalue weighted by molar-refractivity contribution is -0.274. The first-order valence-electron chi connectivity index (χ1n) is 9.43. The zero-order chi connectivity index (χ0) is 23.8. The van der Waals surface area contributed by atoms with E-state index in [1.54, 1.807) is 0 Å². The van der Waals surface area contributed by atoms with Crippen molar-refractivity contribution in [3.05, 3.63) is 90.1 Å². The molecule has 0 unspecified atom stereocenters. The molecule has 0 aliphatic rings. The van der Waals surface area contributed by atoms with Crippen LogP contribution < -0.4 is 10.5 Å². The van der Waals surface area contributed by atoms with E-state index < -0.39 is 29.7 Å². The molecule has 0 saturated carbocycles. The third-order valence-corrected chi connectivity index (χ3v) is 4.68. The number of primary amides is 1. The fourth-order valence-electron chi connectivity index (χ4n) is 3.32. The minimum absolute atomic E-state index is 0.0922. The molecule has 0 atom stereocenters. The third kappa shape index (κ3) is 4.69. The summed E-state index contributed by atoms with van der Waals surface area (Å²) in [4.78, 5) is 12.5. The Balaban J connectivity index is 1.92. The Hall–Kier alpha value is -4.21. The normalized spacial score (nSPS) is 11.4. The second kappa shape index (κ2) is 8.38. The van der Waals surface area contributed by atoms with Crippen molar-refractivity contribution in [3.8, 4) is 33.8 Å². The lowest BCUT2D eigenvalue weighted by Gasteiger charge is -2.10. The molecular formula is C23H14F5N3O2. The standard InChI is InChI=1S/C23H14F5N3O2/c24-15-5-1-13(2-6-15)19-20(14-3-7-16(25)8-4-14)30-31(21(19)22(29)32)17-9-11-18(12-10-17)33-23(26,27)28/h1-12H,(H2,29,32). The molecule has 10 heteroatoms. The molecular weight excluding hydrogens is 445 g/mol. The molecule has 0 saturated heterocycles. The van der Waals surface area contributed by atoms with Gasteiger partial charge in [-0.3, -0.25) is 4.79 Å². The number of nitrogens with two attached hydrogens (primary N) is 1. The van der Waals surface area contributed by atoms with Crippen molar-refractivity contribution in [2.75, 3.05) is 0 Å². The van der Waals surface area contributed by atoms with Crippen molar-refractivity contribution < 1.29 is 31.5 Å². The Morgan fingerprint density at radius 2 is 1.33 bits per heavy atom. The highest BCUT2D eigenvalue weighted by Crippen LogP contribution is 2.36. The zero-order valence-electron chi connectivity index (χ0n) is 16.6. The Bertz CT molecular complexity index is 1300. The summed E-state index contributed by atoms with van der Waals surface area (Å²) in [7, 11) is 0. The largest absolute Gasteiger partial charge is 0.573 e. The average molecular weight is 459 g/mol. The van der Waals surface area contributed by atoms with E-state index in [2.05, 4.69) is 9.84 Å². The van der Waals surface area contributed by atoms with Gasteiger partial charge in [0.25, 0.3) is 5.91 Å². The van der Waals surface area contributed by atoms with Gasteiger partial charge >= 0.3 is 6.36 Å². The van der Waals surface area contributed by atoms with Crippen LogP contribution in [0.4, 0.5) is 22.0 Å². The maximum Gasteiger partial charge on any atom is 0.573 e. The Labute approximate surface area is 183 Å². The number of ether oxygens (including phenoxy) is 1. The van der Waals surface area contributed by atoms with Gasteiger partial charge in [-0.1, -0.05) is 12.1 Å². The number of halogens is 5. The van der Waals surface area contributed by atoms with Crippen LogP contribution in [0.1, 0.15) is 10.5 Å².